The number of rotatable bonds is 4. The number of aromatic nitrogens is 3. The number of nitrogens with one attached hydrogen (secondary N) is 1. The van der Waals surface area contributed by atoms with Crippen LogP contribution in [0.15, 0.2) is 24.5 Å². The van der Waals surface area contributed by atoms with Crippen molar-refractivity contribution in [2.45, 2.75) is 6.54 Å². The Hall–Kier alpha value is -2.08. The first-order chi connectivity index (χ1) is 9.51. The number of amides is 1. The van der Waals surface area contributed by atoms with Gasteiger partial charge in [0.2, 0.25) is 0 Å². The Morgan fingerprint density at radius 2 is 2.25 bits per heavy atom. The fraction of sp³-hybridized carbons (Fsp3) is 0.308. The highest BCUT2D eigenvalue weighted by Crippen LogP contribution is 2.16. The van der Waals surface area contributed by atoms with E-state index in [0.717, 1.165) is 5.82 Å². The van der Waals surface area contributed by atoms with Crippen molar-refractivity contribution in [3.05, 3.63) is 41.1 Å². The zero-order valence-corrected chi connectivity index (χ0v) is 12.3. The lowest BCUT2D eigenvalue weighted by Crippen LogP contribution is -2.27. The van der Waals surface area contributed by atoms with Crippen molar-refractivity contribution in [1.29, 1.82) is 0 Å². The van der Waals surface area contributed by atoms with Crippen LogP contribution in [0.5, 0.6) is 0 Å². The highest BCUT2D eigenvalue weighted by molar-refractivity contribution is 6.29. The van der Waals surface area contributed by atoms with Gasteiger partial charge >= 0.3 is 0 Å². The standard InChI is InChI=1S/C13H16ClN5O/c1-15-11-7-9(6-10(14)17-11)13(20)19(3)8-12-16-4-5-18(12)2/h4-7H,8H2,1-3H3,(H,15,17). The Balaban J connectivity index is 2.18. The molecule has 0 saturated heterocycles. The first-order valence-electron chi connectivity index (χ1n) is 6.08. The maximum absolute atomic E-state index is 12.4. The molecule has 0 aromatic carbocycles. The van der Waals surface area contributed by atoms with Gasteiger partial charge < -0.3 is 14.8 Å². The van der Waals surface area contributed by atoms with Crippen molar-refractivity contribution in [3.63, 3.8) is 0 Å². The quantitative estimate of drug-likeness (QED) is 0.873. The maximum atomic E-state index is 12.4. The summed E-state index contributed by atoms with van der Waals surface area (Å²) >= 11 is 5.91. The SMILES string of the molecule is CNc1cc(C(=O)N(C)Cc2nccn2C)cc(Cl)n1. The third kappa shape index (κ3) is 3.08. The Morgan fingerprint density at radius 1 is 1.50 bits per heavy atom. The molecule has 0 aliphatic rings. The van der Waals surface area contributed by atoms with Crippen molar-refractivity contribution in [2.75, 3.05) is 19.4 Å². The van der Waals surface area contributed by atoms with Gasteiger partial charge in [0.1, 0.15) is 16.8 Å². The van der Waals surface area contributed by atoms with Gasteiger partial charge in [-0.25, -0.2) is 9.97 Å². The van der Waals surface area contributed by atoms with Crippen LogP contribution in [0.4, 0.5) is 5.82 Å². The number of hydrogen-bond acceptors (Lipinski definition) is 4. The third-order valence-electron chi connectivity index (χ3n) is 2.94. The number of carbonyl (C=O) groups is 1. The lowest BCUT2D eigenvalue weighted by atomic mass is 10.2. The molecule has 0 aliphatic carbocycles. The van der Waals surface area contributed by atoms with Crippen molar-refractivity contribution >= 4 is 23.3 Å². The van der Waals surface area contributed by atoms with Gasteiger partial charge in [0.15, 0.2) is 0 Å². The Morgan fingerprint density at radius 3 is 2.85 bits per heavy atom. The second-order valence-corrected chi connectivity index (χ2v) is 4.82. The minimum Gasteiger partial charge on any atom is -0.373 e. The summed E-state index contributed by atoms with van der Waals surface area (Å²) in [7, 11) is 5.35. The van der Waals surface area contributed by atoms with E-state index in [1.807, 2.05) is 17.8 Å². The van der Waals surface area contributed by atoms with Crippen LogP contribution in [0.3, 0.4) is 0 Å². The van der Waals surface area contributed by atoms with Gasteiger partial charge in [0.05, 0.1) is 6.54 Å². The number of aryl methyl sites for hydroxylation is 1. The first-order valence-corrected chi connectivity index (χ1v) is 6.46. The summed E-state index contributed by atoms with van der Waals surface area (Å²) in [6.07, 6.45) is 3.55. The Bertz CT molecular complexity index is 625. The molecule has 106 valence electrons. The number of nitrogens with zero attached hydrogens (tertiary/aromatic N) is 4. The van der Waals surface area contributed by atoms with E-state index >= 15 is 0 Å². The molecule has 0 radical (unpaired) electrons. The molecular weight excluding hydrogens is 278 g/mol. The summed E-state index contributed by atoms with van der Waals surface area (Å²) in [6.45, 7) is 0.428. The van der Waals surface area contributed by atoms with Crippen molar-refractivity contribution < 1.29 is 4.79 Å². The molecule has 2 aromatic heterocycles. The van der Waals surface area contributed by atoms with Gasteiger partial charge in [-0.05, 0) is 12.1 Å². The van der Waals surface area contributed by atoms with Crippen LogP contribution < -0.4 is 5.32 Å². The third-order valence-corrected chi connectivity index (χ3v) is 3.14. The summed E-state index contributed by atoms with van der Waals surface area (Å²) in [5.74, 6) is 1.25. The van der Waals surface area contributed by atoms with Gasteiger partial charge in [-0.1, -0.05) is 11.6 Å². The van der Waals surface area contributed by atoms with E-state index in [0.29, 0.717) is 17.9 Å². The molecular formula is C13H16ClN5O. The molecule has 0 saturated carbocycles. The molecule has 0 bridgehead atoms. The zero-order valence-electron chi connectivity index (χ0n) is 11.6. The van der Waals surface area contributed by atoms with E-state index in [1.165, 1.54) is 0 Å². The van der Waals surface area contributed by atoms with E-state index in [2.05, 4.69) is 15.3 Å². The molecule has 2 rings (SSSR count). The summed E-state index contributed by atoms with van der Waals surface area (Å²) in [4.78, 5) is 22.2. The molecule has 0 atom stereocenters. The molecule has 0 aliphatic heterocycles. The fourth-order valence-electron chi connectivity index (χ4n) is 1.80. The lowest BCUT2D eigenvalue weighted by Gasteiger charge is -2.17. The molecule has 7 heteroatoms. The summed E-state index contributed by atoms with van der Waals surface area (Å²) in [5, 5.41) is 3.16. The van der Waals surface area contributed by atoms with Crippen LogP contribution in [0.2, 0.25) is 5.15 Å². The van der Waals surface area contributed by atoms with Crippen molar-refractivity contribution in [3.8, 4) is 0 Å². The van der Waals surface area contributed by atoms with Gasteiger partial charge in [-0.3, -0.25) is 4.79 Å². The van der Waals surface area contributed by atoms with Crippen LogP contribution in [0.1, 0.15) is 16.2 Å². The van der Waals surface area contributed by atoms with Gasteiger partial charge in [0, 0.05) is 39.1 Å². The second kappa shape index (κ2) is 5.92. The summed E-state index contributed by atoms with van der Waals surface area (Å²) < 4.78 is 1.88. The molecule has 0 spiro atoms. The first kappa shape index (κ1) is 14.3. The van der Waals surface area contributed by atoms with Crippen LogP contribution in [-0.2, 0) is 13.6 Å². The van der Waals surface area contributed by atoms with E-state index in [1.54, 1.807) is 37.3 Å². The second-order valence-electron chi connectivity index (χ2n) is 4.43. The molecule has 1 N–H and O–H groups in total. The number of anilines is 1. The largest absolute Gasteiger partial charge is 0.373 e. The van der Waals surface area contributed by atoms with E-state index in [9.17, 15) is 4.79 Å². The van der Waals surface area contributed by atoms with Crippen LogP contribution in [-0.4, -0.2) is 39.4 Å². The van der Waals surface area contributed by atoms with Crippen LogP contribution in [0.25, 0.3) is 0 Å². The van der Waals surface area contributed by atoms with Crippen LogP contribution >= 0.6 is 11.6 Å². The molecule has 0 fully saturated rings. The minimum absolute atomic E-state index is 0.131. The molecule has 2 aromatic rings. The van der Waals surface area contributed by atoms with Gasteiger partial charge in [-0.15, -0.1) is 0 Å². The average molecular weight is 294 g/mol. The Kier molecular flexibility index (Phi) is 4.24. The molecule has 6 nitrogen and oxygen atoms in total. The normalized spacial score (nSPS) is 10.4. The van der Waals surface area contributed by atoms with Crippen LogP contribution in [0, 0.1) is 0 Å². The topological polar surface area (TPSA) is 63.1 Å². The zero-order chi connectivity index (χ0) is 14.7. The minimum atomic E-state index is -0.131. The molecule has 0 unspecified atom stereocenters. The van der Waals surface area contributed by atoms with Gasteiger partial charge in [-0.2, -0.15) is 0 Å². The number of halogens is 1. The number of pyridine rings is 1. The summed E-state index contributed by atoms with van der Waals surface area (Å²) in [6, 6.07) is 3.22. The molecule has 20 heavy (non-hydrogen) atoms. The smallest absolute Gasteiger partial charge is 0.254 e. The van der Waals surface area contributed by atoms with E-state index in [4.69, 9.17) is 11.6 Å². The maximum Gasteiger partial charge on any atom is 0.254 e. The Labute approximate surface area is 122 Å². The van der Waals surface area contributed by atoms with Gasteiger partial charge in [0.25, 0.3) is 5.91 Å². The monoisotopic (exact) mass is 293 g/mol. The highest BCUT2D eigenvalue weighted by Gasteiger charge is 2.15. The number of hydrogen-bond donors (Lipinski definition) is 1. The average Bonchev–Trinajstić information content (AvgIpc) is 2.82. The number of imidazole rings is 1. The molecule has 1 amide bonds. The fourth-order valence-corrected chi connectivity index (χ4v) is 2.01. The van der Waals surface area contributed by atoms with Crippen molar-refractivity contribution in [2.24, 2.45) is 7.05 Å². The number of carbonyl (C=O) groups excluding carboxylic acids is 1. The predicted octanol–water partition coefficient (Wildman–Crippen LogP) is 1.78. The van der Waals surface area contributed by atoms with Crippen molar-refractivity contribution in [1.82, 2.24) is 19.4 Å². The van der Waals surface area contributed by atoms with E-state index in [-0.39, 0.29) is 11.1 Å². The highest BCUT2D eigenvalue weighted by atomic mass is 35.5. The van der Waals surface area contributed by atoms with E-state index < -0.39 is 0 Å². The predicted molar refractivity (Wildman–Crippen MR) is 77.8 cm³/mol. The molecule has 2 heterocycles. The summed E-state index contributed by atoms with van der Waals surface area (Å²) in [5.41, 5.74) is 0.492. The lowest BCUT2D eigenvalue weighted by molar-refractivity contribution is 0.0780.